The van der Waals surface area contributed by atoms with Crippen LogP contribution in [0.4, 0.5) is 0 Å². The minimum atomic E-state index is -1.34. The summed E-state index contributed by atoms with van der Waals surface area (Å²) in [6, 6.07) is 8.84. The van der Waals surface area contributed by atoms with E-state index < -0.39 is 53.6 Å². The van der Waals surface area contributed by atoms with E-state index in [1.807, 2.05) is 0 Å². The van der Waals surface area contributed by atoms with Gasteiger partial charge in [0.2, 0.25) is 11.1 Å². The number of aliphatic carboxylic acids is 2. The number of esters is 1. The maximum absolute atomic E-state index is 13.3. The lowest BCUT2D eigenvalue weighted by molar-refractivity contribution is -0.151. The minimum absolute atomic E-state index is 0.0910. The Labute approximate surface area is 243 Å². The number of fused-ring (bicyclic) bond motifs is 1. The number of nitrogens with zero attached hydrogens (tertiary/aromatic N) is 5. The van der Waals surface area contributed by atoms with Crippen LogP contribution < -0.4 is 10.1 Å². The average Bonchev–Trinajstić information content (AvgIpc) is 3.62. The first kappa shape index (κ1) is 28.3. The van der Waals surface area contributed by atoms with Crippen LogP contribution in [0.5, 0.6) is 5.75 Å². The number of nitrogens with one attached hydrogen (secondary N) is 1. The summed E-state index contributed by atoms with van der Waals surface area (Å²) in [6.45, 7) is -0.464. The number of carboxylic acids is 2. The van der Waals surface area contributed by atoms with Crippen LogP contribution in [0.2, 0.25) is 0 Å². The molecule has 0 aliphatic carbocycles. The number of hydrogen-bond acceptors (Lipinski definition) is 12. The van der Waals surface area contributed by atoms with Gasteiger partial charge in [0, 0.05) is 11.5 Å². The van der Waals surface area contributed by atoms with E-state index in [9.17, 15) is 29.1 Å². The number of hydrogen-bond donors (Lipinski definition) is 3. The third-order valence-electron chi connectivity index (χ3n) is 6.04. The lowest BCUT2D eigenvalue weighted by Gasteiger charge is -2.49. The van der Waals surface area contributed by atoms with Gasteiger partial charge in [-0.3, -0.25) is 24.1 Å². The van der Waals surface area contributed by atoms with Crippen molar-refractivity contribution >= 4 is 64.6 Å². The van der Waals surface area contributed by atoms with Crippen LogP contribution in [0, 0.1) is 0 Å². The molecule has 5 rings (SSSR count). The molecule has 2 aromatic heterocycles. The van der Waals surface area contributed by atoms with Crippen molar-refractivity contribution in [2.24, 2.45) is 0 Å². The third kappa shape index (κ3) is 5.96. The molecule has 0 saturated carbocycles. The van der Waals surface area contributed by atoms with Crippen LogP contribution in [-0.4, -0.2) is 88.0 Å². The number of carboxylic acid groups (broad SMARTS) is 2. The molecule has 0 radical (unpaired) electrons. The Hall–Kier alpha value is -4.22. The Balaban J connectivity index is 1.30. The number of ether oxygens (including phenoxy) is 1. The van der Waals surface area contributed by atoms with Crippen LogP contribution in [0.1, 0.15) is 11.5 Å². The van der Waals surface area contributed by atoms with Crippen LogP contribution in [-0.2, 0) is 30.5 Å². The molecule has 17 heteroatoms. The molecule has 4 heterocycles. The van der Waals surface area contributed by atoms with Crippen LogP contribution in [0.15, 0.2) is 63.6 Å². The second-order valence-electron chi connectivity index (χ2n) is 8.68. The van der Waals surface area contributed by atoms with Gasteiger partial charge >= 0.3 is 17.9 Å². The molecule has 2 unspecified atom stereocenters. The van der Waals surface area contributed by atoms with Gasteiger partial charge < -0.3 is 20.3 Å². The van der Waals surface area contributed by atoms with E-state index in [-0.39, 0.29) is 28.1 Å². The first-order chi connectivity index (χ1) is 19.7. The number of β-lactam (4-membered cyclic amide) rings is 1. The minimum Gasteiger partial charge on any atom is -0.480 e. The highest BCUT2D eigenvalue weighted by Crippen LogP contribution is 2.41. The Morgan fingerprint density at radius 2 is 1.95 bits per heavy atom. The fourth-order valence-corrected chi connectivity index (χ4v) is 7.25. The second kappa shape index (κ2) is 12.1. The maximum Gasteiger partial charge on any atom is 0.352 e. The fraction of sp³-hybridized carbons (Fsp3) is 0.250. The van der Waals surface area contributed by atoms with Crippen molar-refractivity contribution in [2.75, 3.05) is 11.5 Å². The summed E-state index contributed by atoms with van der Waals surface area (Å²) in [5.41, 5.74) is 0.602. The molecule has 0 bridgehead atoms. The summed E-state index contributed by atoms with van der Waals surface area (Å²) >= 11 is 3.59. The van der Waals surface area contributed by atoms with Crippen molar-refractivity contribution in [2.45, 2.75) is 29.0 Å². The van der Waals surface area contributed by atoms with Gasteiger partial charge in [0.15, 0.2) is 5.92 Å². The van der Waals surface area contributed by atoms with Crippen LogP contribution in [0.25, 0.3) is 0 Å². The Morgan fingerprint density at radius 1 is 1.17 bits per heavy atom. The van der Waals surface area contributed by atoms with Gasteiger partial charge in [0.05, 0.1) is 0 Å². The van der Waals surface area contributed by atoms with Gasteiger partial charge in [-0.15, -0.1) is 16.9 Å². The van der Waals surface area contributed by atoms with E-state index in [4.69, 9.17) is 9.84 Å². The van der Waals surface area contributed by atoms with E-state index in [1.54, 1.807) is 47.2 Å². The number of rotatable bonds is 11. The number of carbonyl (C=O) groups excluding carboxylic acids is 3. The van der Waals surface area contributed by atoms with Gasteiger partial charge in [-0.05, 0) is 50.5 Å². The Kier molecular flexibility index (Phi) is 8.36. The summed E-state index contributed by atoms with van der Waals surface area (Å²) in [5, 5.41) is 35.2. The first-order valence-corrected chi connectivity index (χ1v) is 14.8. The van der Waals surface area contributed by atoms with Gasteiger partial charge in [-0.1, -0.05) is 30.0 Å². The monoisotopic (exact) mass is 616 g/mol. The standard InChI is InChI=1S/C24H20N6O8S3/c31-15(32)8-29-24(26-27-28-29)41-11-13-10-40-21-17(20(34)30(21)18(13)22(35)36)25-19(33)16(12-6-7-39-9-12)23(37)38-14-4-2-1-3-5-14/h1-7,9,16-17,21H,8,10-11H2,(H,25,33)(H,31,32)(H,35,36)/t16?,17?,21-/m1/s1. The number of tetrazole rings is 1. The van der Waals surface area contributed by atoms with Crippen molar-refractivity contribution in [1.82, 2.24) is 30.4 Å². The number of thioether (sulfide) groups is 2. The van der Waals surface area contributed by atoms with E-state index in [1.165, 1.54) is 23.1 Å². The molecule has 0 spiro atoms. The number of aromatic nitrogens is 4. The number of thiophene rings is 1. The van der Waals surface area contributed by atoms with Crippen molar-refractivity contribution in [3.8, 4) is 5.75 Å². The van der Waals surface area contributed by atoms with E-state index in [0.717, 1.165) is 21.3 Å². The number of amides is 2. The van der Waals surface area contributed by atoms with Gasteiger partial charge in [0.1, 0.15) is 29.4 Å². The zero-order valence-electron chi connectivity index (χ0n) is 20.8. The molecular weight excluding hydrogens is 596 g/mol. The van der Waals surface area contributed by atoms with E-state index >= 15 is 0 Å². The highest BCUT2D eigenvalue weighted by molar-refractivity contribution is 8.01. The summed E-state index contributed by atoms with van der Waals surface area (Å²) < 4.78 is 6.48. The molecule has 14 nitrogen and oxygen atoms in total. The van der Waals surface area contributed by atoms with Crippen molar-refractivity contribution < 1.29 is 38.9 Å². The zero-order chi connectivity index (χ0) is 29.1. The Bertz CT molecular complexity index is 1530. The SMILES string of the molecule is O=C(O)Cn1nnnc1SCC1=C(C(=O)O)N2C(=O)C(NC(=O)C(C(=O)Oc3ccccc3)c3ccsc3)[C@H]2SC1. The van der Waals surface area contributed by atoms with Gasteiger partial charge in [-0.25, -0.2) is 9.48 Å². The molecule has 1 fully saturated rings. The first-order valence-electron chi connectivity index (χ1n) is 11.8. The largest absolute Gasteiger partial charge is 0.480 e. The third-order valence-corrected chi connectivity index (χ3v) is 9.13. The van der Waals surface area contributed by atoms with Crippen LogP contribution in [0.3, 0.4) is 0 Å². The normalized spacial score (nSPS) is 18.7. The lowest BCUT2D eigenvalue weighted by atomic mass is 9.98. The summed E-state index contributed by atoms with van der Waals surface area (Å²) in [7, 11) is 0. The van der Waals surface area contributed by atoms with Crippen LogP contribution >= 0.6 is 34.9 Å². The van der Waals surface area contributed by atoms with E-state index in [2.05, 4.69) is 20.8 Å². The highest BCUT2D eigenvalue weighted by atomic mass is 32.2. The maximum atomic E-state index is 13.3. The number of para-hydroxylation sites is 1. The number of benzene rings is 1. The molecule has 2 amide bonds. The predicted molar refractivity (Wildman–Crippen MR) is 145 cm³/mol. The quantitative estimate of drug-likeness (QED) is 0.0910. The molecule has 212 valence electrons. The second-order valence-corrected chi connectivity index (χ2v) is 11.5. The lowest BCUT2D eigenvalue weighted by Crippen LogP contribution is -2.71. The van der Waals surface area contributed by atoms with Crippen molar-refractivity contribution in [3.05, 3.63) is 64.0 Å². The fourth-order valence-electron chi connectivity index (χ4n) is 4.21. The molecule has 1 saturated heterocycles. The number of carbonyl (C=O) groups is 5. The topological polar surface area (TPSA) is 194 Å². The smallest absolute Gasteiger partial charge is 0.352 e. The average molecular weight is 617 g/mol. The summed E-state index contributed by atoms with van der Waals surface area (Å²) in [5.74, 6) is -5.42. The molecule has 3 N–H and O–H groups in total. The summed E-state index contributed by atoms with van der Waals surface area (Å²) in [4.78, 5) is 63.8. The molecule has 2 aliphatic rings. The van der Waals surface area contributed by atoms with Gasteiger partial charge in [0.25, 0.3) is 5.91 Å². The molecule has 41 heavy (non-hydrogen) atoms. The van der Waals surface area contributed by atoms with Crippen molar-refractivity contribution in [3.63, 3.8) is 0 Å². The zero-order valence-corrected chi connectivity index (χ0v) is 23.2. The van der Waals surface area contributed by atoms with Crippen molar-refractivity contribution in [1.29, 1.82) is 0 Å². The molecular formula is C24H20N6O8S3. The Morgan fingerprint density at radius 3 is 2.63 bits per heavy atom. The molecule has 3 aromatic rings. The highest BCUT2D eigenvalue weighted by Gasteiger charge is 2.54. The predicted octanol–water partition coefficient (Wildman–Crippen LogP) is 1.04. The summed E-state index contributed by atoms with van der Waals surface area (Å²) in [6.07, 6.45) is 0. The molecule has 1 aromatic carbocycles. The van der Waals surface area contributed by atoms with Gasteiger partial charge in [-0.2, -0.15) is 11.3 Å². The molecule has 2 aliphatic heterocycles. The van der Waals surface area contributed by atoms with E-state index in [0.29, 0.717) is 11.1 Å². The molecule has 3 atom stereocenters.